The van der Waals surface area contributed by atoms with Gasteiger partial charge in [-0.1, -0.05) is 0 Å². The molecule has 1 saturated carbocycles. The van der Waals surface area contributed by atoms with Gasteiger partial charge in [-0.25, -0.2) is 0 Å². The molecule has 2 fully saturated rings. The number of amides is 1. The summed E-state index contributed by atoms with van der Waals surface area (Å²) in [6.45, 7) is 1.47. The first-order valence-corrected chi connectivity index (χ1v) is 6.91. The molecule has 1 aliphatic heterocycles. The standard InChI is InChI=1S/C13H22N2O4/c14-11-7-19-6-10(11)12(16)15-5-8-1-3-9(4-2-8)13(17)18/h8-11H,1-7,14H2,(H,15,16)(H,17,18). The van der Waals surface area contributed by atoms with E-state index in [0.717, 1.165) is 12.8 Å². The van der Waals surface area contributed by atoms with E-state index in [2.05, 4.69) is 5.32 Å². The number of nitrogens with one attached hydrogen (secondary N) is 1. The number of nitrogens with two attached hydrogens (primary N) is 1. The summed E-state index contributed by atoms with van der Waals surface area (Å²) in [5, 5.41) is 11.8. The van der Waals surface area contributed by atoms with E-state index in [4.69, 9.17) is 15.6 Å². The molecule has 6 heteroatoms. The Morgan fingerprint density at radius 1 is 1.21 bits per heavy atom. The van der Waals surface area contributed by atoms with Crippen LogP contribution in [0.4, 0.5) is 0 Å². The molecule has 108 valence electrons. The van der Waals surface area contributed by atoms with Gasteiger partial charge in [0.05, 0.1) is 25.0 Å². The van der Waals surface area contributed by atoms with Crippen molar-refractivity contribution in [2.75, 3.05) is 19.8 Å². The first-order valence-electron chi connectivity index (χ1n) is 6.91. The van der Waals surface area contributed by atoms with Gasteiger partial charge < -0.3 is 20.9 Å². The van der Waals surface area contributed by atoms with Gasteiger partial charge in [-0.05, 0) is 31.6 Å². The number of carboxylic acid groups (broad SMARTS) is 1. The first-order chi connectivity index (χ1) is 9.08. The van der Waals surface area contributed by atoms with E-state index in [1.165, 1.54) is 0 Å². The van der Waals surface area contributed by atoms with E-state index in [9.17, 15) is 9.59 Å². The number of carboxylic acids is 1. The minimum atomic E-state index is -0.698. The third kappa shape index (κ3) is 3.67. The molecule has 4 N–H and O–H groups in total. The SMILES string of the molecule is NC1COCC1C(=O)NCC1CCC(C(=O)O)CC1. The van der Waals surface area contributed by atoms with Gasteiger partial charge in [0, 0.05) is 12.6 Å². The number of rotatable bonds is 4. The predicted molar refractivity (Wildman–Crippen MR) is 68.4 cm³/mol. The van der Waals surface area contributed by atoms with Crippen molar-refractivity contribution in [2.45, 2.75) is 31.7 Å². The molecule has 2 atom stereocenters. The summed E-state index contributed by atoms with van der Waals surface area (Å²) in [6, 6.07) is -0.206. The summed E-state index contributed by atoms with van der Waals surface area (Å²) in [6.07, 6.45) is 3.15. The lowest BCUT2D eigenvalue weighted by molar-refractivity contribution is -0.143. The van der Waals surface area contributed by atoms with Gasteiger partial charge in [0.1, 0.15) is 0 Å². The van der Waals surface area contributed by atoms with Crippen LogP contribution in [0.3, 0.4) is 0 Å². The molecule has 19 heavy (non-hydrogen) atoms. The van der Waals surface area contributed by atoms with Crippen molar-refractivity contribution in [3.63, 3.8) is 0 Å². The highest BCUT2D eigenvalue weighted by Gasteiger charge is 2.32. The molecule has 1 saturated heterocycles. The number of carbonyl (C=O) groups excluding carboxylic acids is 1. The van der Waals surface area contributed by atoms with Gasteiger partial charge in [0.25, 0.3) is 0 Å². The van der Waals surface area contributed by atoms with E-state index in [-0.39, 0.29) is 23.8 Å². The second-order valence-electron chi connectivity index (χ2n) is 5.61. The average molecular weight is 270 g/mol. The predicted octanol–water partition coefficient (Wildman–Crippen LogP) is -0.0327. The Morgan fingerprint density at radius 2 is 1.89 bits per heavy atom. The highest BCUT2D eigenvalue weighted by Crippen LogP contribution is 2.28. The van der Waals surface area contributed by atoms with Crippen LogP contribution < -0.4 is 11.1 Å². The molecule has 0 aromatic rings. The van der Waals surface area contributed by atoms with Gasteiger partial charge in [-0.3, -0.25) is 9.59 Å². The molecule has 1 amide bonds. The summed E-state index contributed by atoms with van der Waals surface area (Å²) < 4.78 is 5.17. The number of carbonyl (C=O) groups is 2. The van der Waals surface area contributed by atoms with Gasteiger partial charge >= 0.3 is 5.97 Å². The van der Waals surface area contributed by atoms with Crippen molar-refractivity contribution in [3.8, 4) is 0 Å². The van der Waals surface area contributed by atoms with Crippen LogP contribution in [-0.4, -0.2) is 42.8 Å². The fraction of sp³-hybridized carbons (Fsp3) is 0.846. The van der Waals surface area contributed by atoms with Crippen LogP contribution >= 0.6 is 0 Å². The van der Waals surface area contributed by atoms with Crippen LogP contribution in [0.2, 0.25) is 0 Å². The number of aliphatic carboxylic acids is 1. The lowest BCUT2D eigenvalue weighted by Crippen LogP contribution is -2.42. The Bertz CT molecular complexity index is 340. The Kier molecular flexibility index (Phi) is 4.76. The molecule has 1 heterocycles. The van der Waals surface area contributed by atoms with Gasteiger partial charge in [-0.2, -0.15) is 0 Å². The monoisotopic (exact) mass is 270 g/mol. The Labute approximate surface area is 112 Å². The highest BCUT2D eigenvalue weighted by atomic mass is 16.5. The molecule has 1 aliphatic carbocycles. The average Bonchev–Trinajstić information content (AvgIpc) is 2.83. The Hall–Kier alpha value is -1.14. The summed E-state index contributed by atoms with van der Waals surface area (Å²) >= 11 is 0. The lowest BCUT2D eigenvalue weighted by Gasteiger charge is -2.26. The summed E-state index contributed by atoms with van der Waals surface area (Å²) in [5.41, 5.74) is 5.79. The quantitative estimate of drug-likeness (QED) is 0.665. The normalized spacial score (nSPS) is 35.0. The maximum atomic E-state index is 11.9. The lowest BCUT2D eigenvalue weighted by atomic mass is 9.82. The van der Waals surface area contributed by atoms with Crippen LogP contribution in [0.1, 0.15) is 25.7 Å². The van der Waals surface area contributed by atoms with E-state index >= 15 is 0 Å². The van der Waals surface area contributed by atoms with Gasteiger partial charge in [0.2, 0.25) is 5.91 Å². The first kappa shape index (κ1) is 14.3. The fourth-order valence-corrected chi connectivity index (χ4v) is 2.83. The van der Waals surface area contributed by atoms with Crippen LogP contribution in [0.5, 0.6) is 0 Å². The fourth-order valence-electron chi connectivity index (χ4n) is 2.83. The van der Waals surface area contributed by atoms with Crippen molar-refractivity contribution < 1.29 is 19.4 Å². The smallest absolute Gasteiger partial charge is 0.306 e. The molecule has 6 nitrogen and oxygen atoms in total. The molecular weight excluding hydrogens is 248 g/mol. The van der Waals surface area contributed by atoms with Crippen LogP contribution in [0, 0.1) is 17.8 Å². The van der Waals surface area contributed by atoms with Crippen LogP contribution in [0.25, 0.3) is 0 Å². The molecule has 0 spiro atoms. The molecule has 0 aromatic heterocycles. The van der Waals surface area contributed by atoms with Gasteiger partial charge in [-0.15, -0.1) is 0 Å². The van der Waals surface area contributed by atoms with Crippen LogP contribution in [0.15, 0.2) is 0 Å². The zero-order chi connectivity index (χ0) is 13.8. The summed E-state index contributed by atoms with van der Waals surface area (Å²) in [4.78, 5) is 22.7. The van der Waals surface area contributed by atoms with E-state index in [1.807, 2.05) is 0 Å². The topological polar surface area (TPSA) is 102 Å². The third-order valence-corrected chi connectivity index (χ3v) is 4.22. The third-order valence-electron chi connectivity index (χ3n) is 4.22. The molecule has 0 bridgehead atoms. The minimum absolute atomic E-state index is 0.0367. The van der Waals surface area contributed by atoms with Crippen molar-refractivity contribution in [1.82, 2.24) is 5.32 Å². The van der Waals surface area contributed by atoms with E-state index in [0.29, 0.717) is 38.5 Å². The van der Waals surface area contributed by atoms with Crippen molar-refractivity contribution >= 4 is 11.9 Å². The molecule has 2 unspecified atom stereocenters. The molecule has 2 rings (SSSR count). The van der Waals surface area contributed by atoms with Crippen molar-refractivity contribution in [3.05, 3.63) is 0 Å². The van der Waals surface area contributed by atoms with Gasteiger partial charge in [0.15, 0.2) is 0 Å². The Balaban J connectivity index is 1.69. The molecular formula is C13H22N2O4. The minimum Gasteiger partial charge on any atom is -0.481 e. The highest BCUT2D eigenvalue weighted by molar-refractivity contribution is 5.79. The zero-order valence-corrected chi connectivity index (χ0v) is 11.0. The summed E-state index contributed by atoms with van der Waals surface area (Å²) in [5.74, 6) is -0.793. The molecule has 2 aliphatic rings. The Morgan fingerprint density at radius 3 is 2.42 bits per heavy atom. The second kappa shape index (κ2) is 6.34. The largest absolute Gasteiger partial charge is 0.481 e. The number of hydrogen-bond donors (Lipinski definition) is 3. The van der Waals surface area contributed by atoms with Crippen molar-refractivity contribution in [1.29, 1.82) is 0 Å². The van der Waals surface area contributed by atoms with Crippen molar-refractivity contribution in [2.24, 2.45) is 23.5 Å². The summed E-state index contributed by atoms with van der Waals surface area (Å²) in [7, 11) is 0. The maximum absolute atomic E-state index is 11.9. The van der Waals surface area contributed by atoms with E-state index < -0.39 is 5.97 Å². The maximum Gasteiger partial charge on any atom is 0.306 e. The van der Waals surface area contributed by atoms with E-state index in [1.54, 1.807) is 0 Å². The second-order valence-corrected chi connectivity index (χ2v) is 5.61. The van der Waals surface area contributed by atoms with Crippen LogP contribution in [-0.2, 0) is 14.3 Å². The zero-order valence-electron chi connectivity index (χ0n) is 11.0. The molecule has 0 aromatic carbocycles. The number of hydrogen-bond acceptors (Lipinski definition) is 4. The number of ether oxygens (including phenoxy) is 1. The molecule has 0 radical (unpaired) electrons.